The first-order chi connectivity index (χ1) is 12.2. The van der Waals surface area contributed by atoms with E-state index in [1.54, 1.807) is 0 Å². The molecule has 1 saturated heterocycles. The lowest BCUT2D eigenvalue weighted by atomic mass is 10.1. The number of nitrogens with zero attached hydrogens (tertiary/aromatic N) is 3. The Labute approximate surface area is 149 Å². The van der Waals surface area contributed by atoms with Crippen molar-refractivity contribution in [2.45, 2.75) is 58.2 Å². The number of pyridine rings is 1. The van der Waals surface area contributed by atoms with Crippen molar-refractivity contribution in [2.75, 3.05) is 13.1 Å². The van der Waals surface area contributed by atoms with Gasteiger partial charge in [-0.15, -0.1) is 0 Å². The molecule has 0 unspecified atom stereocenters. The number of fused-ring (bicyclic) bond motifs is 1. The normalized spacial score (nSPS) is 24.0. The van der Waals surface area contributed by atoms with Crippen LogP contribution in [0.15, 0.2) is 24.5 Å². The third-order valence-corrected chi connectivity index (χ3v) is 5.34. The zero-order valence-corrected chi connectivity index (χ0v) is 15.1. The number of carbonyl (C=O) groups excluding carboxylic acids is 1. The van der Waals surface area contributed by atoms with Gasteiger partial charge in [-0.1, -0.05) is 19.8 Å². The number of morpholine rings is 1. The lowest BCUT2D eigenvalue weighted by Gasteiger charge is -2.38. The van der Waals surface area contributed by atoms with Gasteiger partial charge in [0.25, 0.3) is 5.91 Å². The van der Waals surface area contributed by atoms with Crippen LogP contribution >= 0.6 is 0 Å². The molecule has 2 aromatic rings. The molecule has 1 aliphatic carbocycles. The van der Waals surface area contributed by atoms with Crippen LogP contribution in [0.4, 0.5) is 0 Å². The number of amides is 1. The highest BCUT2D eigenvalue weighted by molar-refractivity contribution is 5.99. The molecule has 5 heteroatoms. The average Bonchev–Trinajstić information content (AvgIpc) is 3.39. The van der Waals surface area contributed by atoms with E-state index in [0.717, 1.165) is 30.6 Å². The molecule has 0 bridgehead atoms. The van der Waals surface area contributed by atoms with E-state index in [4.69, 9.17) is 4.74 Å². The van der Waals surface area contributed by atoms with Gasteiger partial charge in [0.05, 0.1) is 23.5 Å². The molecule has 4 rings (SSSR count). The van der Waals surface area contributed by atoms with Crippen molar-refractivity contribution in [3.8, 4) is 0 Å². The third-order valence-electron chi connectivity index (χ3n) is 5.34. The summed E-state index contributed by atoms with van der Waals surface area (Å²) in [6.45, 7) is 5.57. The number of aromatic nitrogens is 2. The van der Waals surface area contributed by atoms with E-state index < -0.39 is 0 Å². The molecule has 1 amide bonds. The van der Waals surface area contributed by atoms with Crippen LogP contribution in [0.1, 0.15) is 55.1 Å². The van der Waals surface area contributed by atoms with Gasteiger partial charge in [-0.3, -0.25) is 4.79 Å². The molecule has 1 saturated carbocycles. The predicted molar refractivity (Wildman–Crippen MR) is 96.7 cm³/mol. The maximum atomic E-state index is 13.2. The van der Waals surface area contributed by atoms with Gasteiger partial charge in [-0.25, -0.2) is 4.98 Å². The Hall–Kier alpha value is -1.88. The smallest absolute Gasteiger partial charge is 0.257 e. The monoisotopic (exact) mass is 341 g/mol. The minimum absolute atomic E-state index is 0.0895. The van der Waals surface area contributed by atoms with Gasteiger partial charge in [-0.2, -0.15) is 0 Å². The lowest BCUT2D eigenvalue weighted by molar-refractivity contribution is -0.0874. The van der Waals surface area contributed by atoms with Crippen LogP contribution in [0.5, 0.6) is 0 Å². The van der Waals surface area contributed by atoms with Crippen LogP contribution in [-0.4, -0.2) is 45.5 Å². The van der Waals surface area contributed by atoms with E-state index in [-0.39, 0.29) is 18.1 Å². The van der Waals surface area contributed by atoms with Crippen molar-refractivity contribution in [1.82, 2.24) is 14.3 Å². The van der Waals surface area contributed by atoms with Gasteiger partial charge in [0.15, 0.2) is 0 Å². The molecule has 2 atom stereocenters. The molecule has 25 heavy (non-hydrogen) atoms. The van der Waals surface area contributed by atoms with Crippen molar-refractivity contribution in [2.24, 2.45) is 5.92 Å². The summed E-state index contributed by atoms with van der Waals surface area (Å²) < 4.78 is 8.25. The summed E-state index contributed by atoms with van der Waals surface area (Å²) in [6, 6.07) is 3.82. The van der Waals surface area contributed by atoms with Gasteiger partial charge >= 0.3 is 0 Å². The molecular formula is C20H27N3O2. The van der Waals surface area contributed by atoms with Gasteiger partial charge in [0.1, 0.15) is 5.65 Å². The number of rotatable bonds is 5. The van der Waals surface area contributed by atoms with E-state index in [0.29, 0.717) is 24.6 Å². The van der Waals surface area contributed by atoms with Crippen LogP contribution in [0, 0.1) is 12.8 Å². The summed E-state index contributed by atoms with van der Waals surface area (Å²) in [7, 11) is 0. The molecule has 0 N–H and O–H groups in total. The maximum absolute atomic E-state index is 13.2. The van der Waals surface area contributed by atoms with Crippen LogP contribution in [0.3, 0.4) is 0 Å². The number of unbranched alkanes of at least 4 members (excludes halogenated alkanes) is 1. The standard InChI is InChI=1S/C20H27N3O2/c1-3-4-6-16-12-23(13-18(25-16)15-8-9-15)20(24)17-7-5-10-22-11-14(2)21-19(17)22/h5,7,10-11,15-16,18H,3-4,6,8-9,12-13H2,1-2H3/t16-,18-/m1/s1. The second-order valence-corrected chi connectivity index (χ2v) is 7.52. The number of hydrogen-bond acceptors (Lipinski definition) is 3. The number of imidazole rings is 1. The average molecular weight is 341 g/mol. The molecule has 0 spiro atoms. The third kappa shape index (κ3) is 3.43. The fourth-order valence-electron chi connectivity index (χ4n) is 3.83. The number of hydrogen-bond donors (Lipinski definition) is 0. The quantitative estimate of drug-likeness (QED) is 0.837. The zero-order valence-electron chi connectivity index (χ0n) is 15.1. The molecule has 3 heterocycles. The summed E-state index contributed by atoms with van der Waals surface area (Å²) in [5.74, 6) is 0.732. The zero-order chi connectivity index (χ0) is 17.4. The van der Waals surface area contributed by atoms with Crippen molar-refractivity contribution >= 4 is 11.6 Å². The number of aryl methyl sites for hydroxylation is 1. The van der Waals surface area contributed by atoms with Crippen molar-refractivity contribution < 1.29 is 9.53 Å². The Bertz CT molecular complexity index is 765. The first-order valence-corrected chi connectivity index (χ1v) is 9.54. The molecule has 2 aromatic heterocycles. The van der Waals surface area contributed by atoms with E-state index in [9.17, 15) is 4.79 Å². The van der Waals surface area contributed by atoms with Gasteiger partial charge < -0.3 is 14.0 Å². The second-order valence-electron chi connectivity index (χ2n) is 7.52. The van der Waals surface area contributed by atoms with Crippen LogP contribution < -0.4 is 0 Å². The predicted octanol–water partition coefficient (Wildman–Crippen LogP) is 3.45. The molecular weight excluding hydrogens is 314 g/mol. The summed E-state index contributed by atoms with van der Waals surface area (Å²) in [5, 5.41) is 0. The summed E-state index contributed by atoms with van der Waals surface area (Å²) in [4.78, 5) is 19.8. The van der Waals surface area contributed by atoms with Gasteiger partial charge in [-0.05, 0) is 44.2 Å². The maximum Gasteiger partial charge on any atom is 0.257 e. The number of ether oxygens (including phenoxy) is 1. The van der Waals surface area contributed by atoms with E-state index in [2.05, 4.69) is 11.9 Å². The SMILES string of the molecule is CCCC[C@@H]1CN(C(=O)c2cccn3cc(C)nc23)C[C@H](C2CC2)O1. The topological polar surface area (TPSA) is 46.8 Å². The fourth-order valence-corrected chi connectivity index (χ4v) is 3.83. The molecule has 0 radical (unpaired) electrons. The second kappa shape index (κ2) is 6.79. The van der Waals surface area contributed by atoms with Gasteiger partial charge in [0.2, 0.25) is 0 Å². The van der Waals surface area contributed by atoms with Crippen LogP contribution in [0.25, 0.3) is 5.65 Å². The highest BCUT2D eigenvalue weighted by atomic mass is 16.5. The molecule has 0 aromatic carbocycles. The minimum Gasteiger partial charge on any atom is -0.371 e. The van der Waals surface area contributed by atoms with Crippen molar-refractivity contribution in [3.63, 3.8) is 0 Å². The number of carbonyl (C=O) groups is 1. The molecule has 134 valence electrons. The first-order valence-electron chi connectivity index (χ1n) is 9.54. The Balaban J connectivity index is 1.58. The van der Waals surface area contributed by atoms with Crippen LogP contribution in [-0.2, 0) is 4.74 Å². The summed E-state index contributed by atoms with van der Waals surface area (Å²) in [5.41, 5.74) is 2.38. The van der Waals surface area contributed by atoms with E-state index in [1.807, 2.05) is 40.8 Å². The lowest BCUT2D eigenvalue weighted by Crippen LogP contribution is -2.50. The Kier molecular flexibility index (Phi) is 4.50. The van der Waals surface area contributed by atoms with E-state index >= 15 is 0 Å². The molecule has 2 fully saturated rings. The van der Waals surface area contributed by atoms with Crippen LogP contribution in [0.2, 0.25) is 0 Å². The highest BCUT2D eigenvalue weighted by Gasteiger charge is 2.39. The summed E-state index contributed by atoms with van der Waals surface area (Å²) >= 11 is 0. The minimum atomic E-state index is 0.0895. The largest absolute Gasteiger partial charge is 0.371 e. The Morgan fingerprint density at radius 1 is 1.36 bits per heavy atom. The van der Waals surface area contributed by atoms with E-state index in [1.165, 1.54) is 12.8 Å². The van der Waals surface area contributed by atoms with Crippen molar-refractivity contribution in [1.29, 1.82) is 0 Å². The fraction of sp³-hybridized carbons (Fsp3) is 0.600. The molecule has 5 nitrogen and oxygen atoms in total. The Morgan fingerprint density at radius 3 is 2.96 bits per heavy atom. The Morgan fingerprint density at radius 2 is 2.20 bits per heavy atom. The molecule has 2 aliphatic rings. The molecule has 1 aliphatic heterocycles. The first kappa shape index (κ1) is 16.6. The van der Waals surface area contributed by atoms with Crippen molar-refractivity contribution in [3.05, 3.63) is 35.8 Å². The summed E-state index contributed by atoms with van der Waals surface area (Å²) in [6.07, 6.45) is 10.1. The highest BCUT2D eigenvalue weighted by Crippen LogP contribution is 2.37. The van der Waals surface area contributed by atoms with Gasteiger partial charge in [0, 0.05) is 25.5 Å².